The number of carbonyl (C=O) groups excluding carboxylic acids is 1. The van der Waals surface area contributed by atoms with E-state index in [0.717, 1.165) is 62.1 Å². The molecule has 0 atom stereocenters. The van der Waals surface area contributed by atoms with Gasteiger partial charge in [0.25, 0.3) is 0 Å². The lowest BCUT2D eigenvalue weighted by atomic mass is 9.82. The zero-order valence-electron chi connectivity index (χ0n) is 17.5. The Morgan fingerprint density at radius 3 is 2.33 bits per heavy atom. The van der Waals surface area contributed by atoms with Crippen LogP contribution in [0.2, 0.25) is 0 Å². The van der Waals surface area contributed by atoms with Crippen molar-refractivity contribution >= 4 is 28.9 Å². The predicted octanol–water partition coefficient (Wildman–Crippen LogP) is 3.78. The molecule has 0 spiro atoms. The molecule has 1 aromatic heterocycles. The number of benzene rings is 1. The van der Waals surface area contributed by atoms with Gasteiger partial charge in [0.05, 0.1) is 5.69 Å². The molecule has 2 heterocycles. The summed E-state index contributed by atoms with van der Waals surface area (Å²) in [4.78, 5) is 28.9. The topological polar surface area (TPSA) is 73.2 Å². The van der Waals surface area contributed by atoms with Crippen LogP contribution in [0.1, 0.15) is 55.1 Å². The molecule has 2 fully saturated rings. The molecule has 1 amide bonds. The summed E-state index contributed by atoms with van der Waals surface area (Å²) >= 11 is 1.27. The van der Waals surface area contributed by atoms with Crippen LogP contribution in [0, 0.1) is 11.8 Å². The number of piperidine rings is 1. The molecule has 6 heteroatoms. The smallest absolute Gasteiger partial charge is 0.348 e. The summed E-state index contributed by atoms with van der Waals surface area (Å²) in [6, 6.07) is 11.8. The van der Waals surface area contributed by atoms with E-state index in [1.54, 1.807) is 0 Å². The second-order valence-corrected chi connectivity index (χ2v) is 9.69. The Balaban J connectivity index is 1.73. The van der Waals surface area contributed by atoms with Gasteiger partial charge in [-0.3, -0.25) is 4.79 Å². The molecule has 30 heavy (non-hydrogen) atoms. The fraction of sp³-hybridized carbons (Fsp3) is 0.500. The molecule has 2 aromatic rings. The van der Waals surface area contributed by atoms with Gasteiger partial charge in [-0.2, -0.15) is 5.32 Å². The van der Waals surface area contributed by atoms with Crippen molar-refractivity contribution in [1.82, 2.24) is 0 Å². The molecule has 0 unspecified atom stereocenters. The van der Waals surface area contributed by atoms with Crippen molar-refractivity contribution in [1.29, 1.82) is 0 Å². The van der Waals surface area contributed by atoms with E-state index in [2.05, 4.69) is 12.2 Å². The predicted molar refractivity (Wildman–Crippen MR) is 119 cm³/mol. The number of carboxylic acid groups (broad SMARTS) is 1. The Labute approximate surface area is 182 Å². The number of hydrogen-bond donors (Lipinski definition) is 2. The molecule has 1 radical (unpaired) electrons. The van der Waals surface area contributed by atoms with Crippen molar-refractivity contribution in [2.45, 2.75) is 51.5 Å². The number of carboxylic acids is 1. The standard InChI is InChI=1S/C24H30N2O3S/c1-16-7-9-18(10-8-16)23(27)26(19-11-13-25-14-12-19)20-15-21(30-22(20)24(28)29)17-5-3-2-4-6-17/h2-6,15-16,18-19,25H,7-14H2,1H3,(H,28,29)/q+1. The Morgan fingerprint density at radius 2 is 1.70 bits per heavy atom. The molecule has 1 saturated carbocycles. The van der Waals surface area contributed by atoms with Crippen molar-refractivity contribution in [3.8, 4) is 10.4 Å². The molecular weight excluding hydrogens is 396 g/mol. The van der Waals surface area contributed by atoms with E-state index in [1.807, 2.05) is 41.3 Å². The number of hydrogen-bond acceptors (Lipinski definition) is 4. The average Bonchev–Trinajstić information content (AvgIpc) is 3.21. The summed E-state index contributed by atoms with van der Waals surface area (Å²) < 4.78 is 0. The number of rotatable bonds is 5. The lowest BCUT2D eigenvalue weighted by Gasteiger charge is -2.36. The van der Waals surface area contributed by atoms with Gasteiger partial charge in [-0.25, -0.2) is 4.79 Å². The van der Waals surface area contributed by atoms with Gasteiger partial charge in [0.2, 0.25) is 5.91 Å². The zero-order valence-corrected chi connectivity index (χ0v) is 18.3. The largest absolute Gasteiger partial charge is 0.477 e. The fourth-order valence-electron chi connectivity index (χ4n) is 4.72. The highest BCUT2D eigenvalue weighted by Crippen LogP contribution is 2.40. The highest BCUT2D eigenvalue weighted by molar-refractivity contribution is 7.18. The first kappa shape index (κ1) is 21.1. The first-order valence-corrected chi connectivity index (χ1v) is 11.8. The Bertz CT molecular complexity index is 881. The molecule has 1 aliphatic carbocycles. The van der Waals surface area contributed by atoms with Crippen LogP contribution in [-0.4, -0.2) is 36.1 Å². The van der Waals surface area contributed by atoms with Gasteiger partial charge >= 0.3 is 5.97 Å². The summed E-state index contributed by atoms with van der Waals surface area (Å²) in [6.45, 7) is 3.96. The van der Waals surface area contributed by atoms with E-state index in [0.29, 0.717) is 11.6 Å². The lowest BCUT2D eigenvalue weighted by molar-refractivity contribution is -0.662. The monoisotopic (exact) mass is 426 g/mol. The van der Waals surface area contributed by atoms with Crippen LogP contribution >= 0.6 is 11.3 Å². The van der Waals surface area contributed by atoms with Gasteiger partial charge in [-0.05, 0) is 43.2 Å². The van der Waals surface area contributed by atoms with E-state index < -0.39 is 5.97 Å². The molecule has 0 bridgehead atoms. The molecule has 1 saturated heterocycles. The van der Waals surface area contributed by atoms with Crippen LogP contribution in [0.25, 0.3) is 10.4 Å². The van der Waals surface area contributed by atoms with E-state index in [4.69, 9.17) is 0 Å². The number of carbonyl (C=O) groups is 2. The van der Waals surface area contributed by atoms with Crippen molar-refractivity contribution < 1.29 is 20.0 Å². The third kappa shape index (κ3) is 4.44. The molecule has 4 rings (SSSR count). The minimum atomic E-state index is -0.957. The van der Waals surface area contributed by atoms with Gasteiger partial charge in [0.1, 0.15) is 18.0 Å². The Hall–Kier alpha value is -2.18. The maximum absolute atomic E-state index is 13.7. The van der Waals surface area contributed by atoms with E-state index in [9.17, 15) is 14.7 Å². The second kappa shape index (κ2) is 9.31. The zero-order chi connectivity index (χ0) is 21.1. The molecular formula is C24H30N2O3S+. The van der Waals surface area contributed by atoms with Crippen LogP contribution in [0.3, 0.4) is 0 Å². The summed E-state index contributed by atoms with van der Waals surface area (Å²) in [5, 5.41) is 13.3. The van der Waals surface area contributed by atoms with Crippen LogP contribution < -0.4 is 10.2 Å². The number of nitrogens with one attached hydrogen (secondary N) is 1. The van der Waals surface area contributed by atoms with Crippen LogP contribution in [0.4, 0.5) is 5.69 Å². The summed E-state index contributed by atoms with van der Waals surface area (Å²) in [6.07, 6.45) is 5.65. The van der Waals surface area contributed by atoms with Crippen LogP contribution in [0.5, 0.6) is 0 Å². The molecule has 159 valence electrons. The number of amides is 1. The third-order valence-corrected chi connectivity index (χ3v) is 7.66. The summed E-state index contributed by atoms with van der Waals surface area (Å²) in [5.41, 5.74) is 1.57. The Kier molecular flexibility index (Phi) is 6.54. The van der Waals surface area contributed by atoms with E-state index in [-0.39, 0.29) is 22.7 Å². The maximum atomic E-state index is 13.7. The molecule has 2 aliphatic rings. The maximum Gasteiger partial charge on any atom is 0.348 e. The summed E-state index contributed by atoms with van der Waals surface area (Å²) in [7, 11) is 0. The lowest BCUT2D eigenvalue weighted by Crippen LogP contribution is -2.87. The van der Waals surface area contributed by atoms with Crippen LogP contribution in [0.15, 0.2) is 36.4 Å². The van der Waals surface area contributed by atoms with Gasteiger partial charge in [0.15, 0.2) is 0 Å². The number of thiophene rings is 1. The minimum Gasteiger partial charge on any atom is -0.477 e. The average molecular weight is 427 g/mol. The normalized spacial score (nSPS) is 22.6. The molecule has 1 aromatic carbocycles. The first-order chi connectivity index (χ1) is 14.5. The summed E-state index contributed by atoms with van der Waals surface area (Å²) in [5.74, 6) is -0.172. The molecule has 5 nitrogen and oxygen atoms in total. The molecule has 1 aliphatic heterocycles. The highest BCUT2D eigenvalue weighted by atomic mass is 32.1. The van der Waals surface area contributed by atoms with Crippen molar-refractivity contribution in [3.05, 3.63) is 41.3 Å². The van der Waals surface area contributed by atoms with Gasteiger partial charge in [0, 0.05) is 29.7 Å². The van der Waals surface area contributed by atoms with Crippen molar-refractivity contribution in [2.24, 2.45) is 11.8 Å². The van der Waals surface area contributed by atoms with Crippen molar-refractivity contribution in [3.63, 3.8) is 0 Å². The van der Waals surface area contributed by atoms with E-state index >= 15 is 0 Å². The number of nitrogens with zero attached hydrogens (tertiary/aromatic N) is 1. The number of anilines is 1. The fourth-order valence-corrected chi connectivity index (χ4v) is 5.72. The first-order valence-electron chi connectivity index (χ1n) is 11.0. The van der Waals surface area contributed by atoms with Gasteiger partial charge < -0.3 is 10.0 Å². The van der Waals surface area contributed by atoms with Crippen molar-refractivity contribution in [2.75, 3.05) is 18.0 Å². The van der Waals surface area contributed by atoms with Gasteiger partial charge in [-0.1, -0.05) is 37.3 Å². The Morgan fingerprint density at radius 1 is 1.03 bits per heavy atom. The SMILES string of the molecule is CC1CCC(C(=O)N(c2cc(-c3ccccc3)sc2C(=O)O)C2CC[NH+]CC2)CC1. The minimum absolute atomic E-state index is 0.00203. The third-order valence-electron chi connectivity index (χ3n) is 6.50. The molecule has 2 N–H and O–H groups in total. The number of aromatic carboxylic acids is 1. The van der Waals surface area contributed by atoms with Crippen LogP contribution in [-0.2, 0) is 4.79 Å². The highest BCUT2D eigenvalue weighted by Gasteiger charge is 2.37. The second-order valence-electron chi connectivity index (χ2n) is 8.64. The van der Waals surface area contributed by atoms with E-state index in [1.165, 1.54) is 11.3 Å². The van der Waals surface area contributed by atoms with Gasteiger partial charge in [-0.15, -0.1) is 11.3 Å². The quantitative estimate of drug-likeness (QED) is 0.764.